The Balaban J connectivity index is 1.68. The molecule has 1 aliphatic rings. The first-order chi connectivity index (χ1) is 9.61. The smallest absolute Gasteiger partial charge is 0.123 e. The Hall–Kier alpha value is -1.88. The van der Waals surface area contributed by atoms with Gasteiger partial charge in [0.1, 0.15) is 17.7 Å². The number of halogens is 1. The van der Waals surface area contributed by atoms with E-state index in [0.29, 0.717) is 23.6 Å². The van der Waals surface area contributed by atoms with Gasteiger partial charge in [-0.1, -0.05) is 0 Å². The van der Waals surface area contributed by atoms with Crippen molar-refractivity contribution < 1.29 is 13.3 Å². The van der Waals surface area contributed by atoms with Crippen molar-refractivity contribution in [1.29, 1.82) is 0 Å². The summed E-state index contributed by atoms with van der Waals surface area (Å²) in [5, 5.41) is 0. The van der Waals surface area contributed by atoms with Gasteiger partial charge < -0.3 is 10.5 Å². The molecular weight excluding hydrogens is 277 g/mol. The number of nitrogen functional groups attached to an aromatic ring is 1. The fourth-order valence-electron chi connectivity index (χ4n) is 2.27. The van der Waals surface area contributed by atoms with Crippen molar-refractivity contribution in [3.05, 3.63) is 53.8 Å². The number of anilines is 1. The molecule has 0 amide bonds. The number of ether oxygens (including phenoxy) is 1. The molecule has 2 atom stereocenters. The van der Waals surface area contributed by atoms with E-state index in [1.165, 1.54) is 12.1 Å². The molecule has 0 bridgehead atoms. The highest BCUT2D eigenvalue weighted by Crippen LogP contribution is 2.30. The molecule has 2 aromatic carbocycles. The lowest BCUT2D eigenvalue weighted by atomic mass is 10.1. The van der Waals surface area contributed by atoms with E-state index >= 15 is 0 Å². The minimum Gasteiger partial charge on any atom is -0.489 e. The van der Waals surface area contributed by atoms with Crippen molar-refractivity contribution in [3.63, 3.8) is 0 Å². The van der Waals surface area contributed by atoms with Crippen molar-refractivity contribution in [2.24, 2.45) is 0 Å². The van der Waals surface area contributed by atoms with Gasteiger partial charge >= 0.3 is 0 Å². The summed E-state index contributed by atoms with van der Waals surface area (Å²) >= 11 is 0. The van der Waals surface area contributed by atoms with Crippen LogP contribution in [0.25, 0.3) is 0 Å². The average molecular weight is 291 g/mol. The van der Waals surface area contributed by atoms with E-state index in [9.17, 15) is 8.60 Å². The summed E-state index contributed by atoms with van der Waals surface area (Å²) in [5.41, 5.74) is 7.08. The van der Waals surface area contributed by atoms with Gasteiger partial charge in [-0.3, -0.25) is 4.21 Å². The third kappa shape index (κ3) is 2.67. The largest absolute Gasteiger partial charge is 0.489 e. The van der Waals surface area contributed by atoms with Crippen molar-refractivity contribution >= 4 is 16.5 Å². The van der Waals surface area contributed by atoms with Crippen LogP contribution < -0.4 is 10.5 Å². The van der Waals surface area contributed by atoms with Crippen LogP contribution in [0.1, 0.15) is 5.56 Å². The highest BCUT2D eigenvalue weighted by molar-refractivity contribution is 7.85. The van der Waals surface area contributed by atoms with Crippen molar-refractivity contribution in [3.8, 4) is 5.75 Å². The van der Waals surface area contributed by atoms with Crippen LogP contribution in [0, 0.1) is 5.82 Å². The van der Waals surface area contributed by atoms with Crippen LogP contribution in [0.3, 0.4) is 0 Å². The lowest BCUT2D eigenvalue weighted by molar-refractivity contribution is 0.258. The van der Waals surface area contributed by atoms with Crippen LogP contribution in [0.2, 0.25) is 0 Å². The fourth-order valence-corrected chi connectivity index (χ4v) is 3.42. The van der Waals surface area contributed by atoms with Gasteiger partial charge in [0.15, 0.2) is 0 Å². The number of nitrogens with two attached hydrogens (primary N) is 1. The van der Waals surface area contributed by atoms with E-state index in [4.69, 9.17) is 10.5 Å². The highest BCUT2D eigenvalue weighted by Gasteiger charge is 2.25. The van der Waals surface area contributed by atoms with Gasteiger partial charge in [0.2, 0.25) is 0 Å². The van der Waals surface area contributed by atoms with Crippen LogP contribution in [-0.4, -0.2) is 16.1 Å². The van der Waals surface area contributed by atoms with E-state index in [0.717, 1.165) is 10.5 Å². The second-order valence-corrected chi connectivity index (χ2v) is 6.27. The van der Waals surface area contributed by atoms with Gasteiger partial charge in [-0.25, -0.2) is 4.39 Å². The third-order valence-corrected chi connectivity index (χ3v) is 4.72. The molecule has 3 nitrogen and oxygen atoms in total. The van der Waals surface area contributed by atoms with Crippen LogP contribution in [-0.2, 0) is 17.2 Å². The minimum absolute atomic E-state index is 0.176. The molecule has 0 aromatic heterocycles. The van der Waals surface area contributed by atoms with Crippen LogP contribution in [0.15, 0.2) is 47.4 Å². The topological polar surface area (TPSA) is 52.3 Å². The zero-order valence-corrected chi connectivity index (χ0v) is 11.5. The lowest BCUT2D eigenvalue weighted by Crippen LogP contribution is -2.21. The number of hydrogen-bond donors (Lipinski definition) is 1. The molecule has 0 saturated carbocycles. The summed E-state index contributed by atoms with van der Waals surface area (Å²) in [5.74, 6) is 0.804. The van der Waals surface area contributed by atoms with E-state index in [2.05, 4.69) is 0 Å². The Bertz CT molecular complexity index is 657. The molecule has 104 valence electrons. The maximum Gasteiger partial charge on any atom is 0.123 e. The lowest BCUT2D eigenvalue weighted by Gasteiger charge is -2.10. The summed E-state index contributed by atoms with van der Waals surface area (Å²) in [6.07, 6.45) is 0.415. The first-order valence-electron chi connectivity index (χ1n) is 6.31. The van der Waals surface area contributed by atoms with Gasteiger partial charge in [0.05, 0.1) is 16.6 Å². The molecule has 0 radical (unpaired) electrons. The molecule has 2 unspecified atom stereocenters. The summed E-state index contributed by atoms with van der Waals surface area (Å²) in [6.45, 7) is 0. The van der Waals surface area contributed by atoms with E-state index in [1.54, 1.807) is 30.3 Å². The highest BCUT2D eigenvalue weighted by atomic mass is 32.2. The Kier molecular flexibility index (Phi) is 3.44. The van der Waals surface area contributed by atoms with Crippen LogP contribution in [0.4, 0.5) is 10.1 Å². The molecule has 0 saturated heterocycles. The van der Waals surface area contributed by atoms with Crippen LogP contribution in [0.5, 0.6) is 5.75 Å². The zero-order valence-electron chi connectivity index (χ0n) is 10.7. The van der Waals surface area contributed by atoms with Gasteiger partial charge in [-0.05, 0) is 42.5 Å². The molecule has 2 N–H and O–H groups in total. The Labute approximate surface area is 119 Å². The van der Waals surface area contributed by atoms with Gasteiger partial charge in [0.25, 0.3) is 0 Å². The van der Waals surface area contributed by atoms with E-state index < -0.39 is 10.8 Å². The zero-order chi connectivity index (χ0) is 14.1. The summed E-state index contributed by atoms with van der Waals surface area (Å²) in [7, 11) is -1.15. The molecule has 5 heteroatoms. The van der Waals surface area contributed by atoms with Gasteiger partial charge in [-0.2, -0.15) is 0 Å². The first-order valence-corrected chi connectivity index (χ1v) is 7.63. The number of rotatable bonds is 3. The average Bonchev–Trinajstić information content (AvgIpc) is 2.80. The molecule has 2 aromatic rings. The van der Waals surface area contributed by atoms with Crippen molar-refractivity contribution in [2.75, 3.05) is 11.5 Å². The fraction of sp³-hybridized carbons (Fsp3) is 0.200. The summed E-state index contributed by atoms with van der Waals surface area (Å²) in [4.78, 5) is 0.727. The van der Waals surface area contributed by atoms with Crippen molar-refractivity contribution in [2.45, 2.75) is 17.4 Å². The SMILES string of the molecule is Nc1ccc(S(=O)CC2Cc3cc(F)ccc3O2)cc1. The Morgan fingerprint density at radius 1 is 1.25 bits per heavy atom. The number of hydrogen-bond acceptors (Lipinski definition) is 3. The second-order valence-electron chi connectivity index (χ2n) is 4.78. The molecule has 1 aliphatic heterocycles. The maximum absolute atomic E-state index is 13.1. The van der Waals surface area contributed by atoms with Crippen molar-refractivity contribution in [1.82, 2.24) is 0 Å². The number of fused-ring (bicyclic) bond motifs is 1. The maximum atomic E-state index is 13.1. The Morgan fingerprint density at radius 3 is 2.75 bits per heavy atom. The molecule has 1 heterocycles. The minimum atomic E-state index is -1.15. The molecule has 0 aliphatic carbocycles. The Morgan fingerprint density at radius 2 is 2.00 bits per heavy atom. The molecule has 3 rings (SSSR count). The number of benzene rings is 2. The molecule has 20 heavy (non-hydrogen) atoms. The van der Waals surface area contributed by atoms with E-state index in [1.807, 2.05) is 0 Å². The molecule has 0 fully saturated rings. The van der Waals surface area contributed by atoms with E-state index in [-0.39, 0.29) is 11.9 Å². The summed E-state index contributed by atoms with van der Waals surface area (Å²) in [6, 6.07) is 11.4. The normalized spacial score (nSPS) is 18.4. The second kappa shape index (κ2) is 5.25. The molecular formula is C15H14FNO2S. The summed E-state index contributed by atoms with van der Waals surface area (Å²) < 4.78 is 31.1. The quantitative estimate of drug-likeness (QED) is 0.884. The predicted octanol–water partition coefficient (Wildman–Crippen LogP) is 2.52. The predicted molar refractivity (Wildman–Crippen MR) is 76.6 cm³/mol. The monoisotopic (exact) mass is 291 g/mol. The third-order valence-electron chi connectivity index (χ3n) is 3.24. The van der Waals surface area contributed by atoms with Gasteiger partial charge in [-0.15, -0.1) is 0 Å². The van der Waals surface area contributed by atoms with Crippen LogP contribution >= 0.6 is 0 Å². The molecule has 0 spiro atoms. The van der Waals surface area contributed by atoms with Gasteiger partial charge in [0, 0.05) is 22.6 Å². The first kappa shape index (κ1) is 13.1. The standard InChI is InChI=1S/C15H14FNO2S/c16-11-1-6-15-10(7-11)8-13(19-15)9-20(18)14-4-2-12(17)3-5-14/h1-7,13H,8-9,17H2.